The van der Waals surface area contributed by atoms with Crippen molar-refractivity contribution in [3.05, 3.63) is 23.0 Å². The highest BCUT2D eigenvalue weighted by Gasteiger charge is 2.21. The maximum Gasteiger partial charge on any atom is 0.280 e. The van der Waals surface area contributed by atoms with Gasteiger partial charge < -0.3 is 20.5 Å². The third kappa shape index (κ3) is 5.67. The molecule has 2 heterocycles. The van der Waals surface area contributed by atoms with Crippen LogP contribution >= 0.6 is 11.3 Å². The Hall–Kier alpha value is -2.19. The molecule has 0 bridgehead atoms. The van der Waals surface area contributed by atoms with Gasteiger partial charge in [0.05, 0.1) is 23.3 Å². The molecule has 29 heavy (non-hydrogen) atoms. The number of carbonyl (C=O) groups excluding carboxylic acids is 1. The molecule has 0 unspecified atom stereocenters. The first-order chi connectivity index (χ1) is 13.8. The lowest BCUT2D eigenvalue weighted by molar-refractivity contribution is 0.0694. The fourth-order valence-corrected chi connectivity index (χ4v) is 4.37. The molecule has 1 aliphatic rings. The maximum atomic E-state index is 12.4. The summed E-state index contributed by atoms with van der Waals surface area (Å²) < 4.78 is 5.57. The van der Waals surface area contributed by atoms with Gasteiger partial charge in [-0.05, 0) is 39.7 Å². The van der Waals surface area contributed by atoms with E-state index < -0.39 is 5.60 Å². The average molecular weight is 419 g/mol. The predicted molar refractivity (Wildman–Crippen MR) is 116 cm³/mol. The van der Waals surface area contributed by atoms with Crippen LogP contribution in [-0.4, -0.2) is 46.3 Å². The number of aromatic nitrogens is 2. The van der Waals surface area contributed by atoms with Gasteiger partial charge in [0.1, 0.15) is 0 Å². The number of nitrogens with one attached hydrogen (secondary N) is 2. The van der Waals surface area contributed by atoms with Crippen molar-refractivity contribution >= 4 is 23.1 Å². The zero-order valence-electron chi connectivity index (χ0n) is 17.5. The molecule has 158 valence electrons. The second-order valence-corrected chi connectivity index (χ2v) is 9.18. The van der Waals surface area contributed by atoms with Gasteiger partial charge in [0.2, 0.25) is 0 Å². The summed E-state index contributed by atoms with van der Waals surface area (Å²) >= 11 is 1.31. The summed E-state index contributed by atoms with van der Waals surface area (Å²) in [5.41, 5.74) is 0.663. The Bertz CT molecular complexity index is 854. The SMILES string of the molecule is COc1cc(-c2sc(C(=O)NCC(C)(C)O)nc2C)cnc1NC1CCCCC1. The number of thiazole rings is 1. The van der Waals surface area contributed by atoms with E-state index >= 15 is 0 Å². The fraction of sp³-hybridized carbons (Fsp3) is 0.571. The van der Waals surface area contributed by atoms with Crippen molar-refractivity contribution in [2.75, 3.05) is 19.0 Å². The molecule has 0 aliphatic heterocycles. The van der Waals surface area contributed by atoms with Gasteiger partial charge in [-0.2, -0.15) is 0 Å². The Morgan fingerprint density at radius 1 is 1.34 bits per heavy atom. The number of aliphatic hydroxyl groups is 1. The van der Waals surface area contributed by atoms with Gasteiger partial charge in [-0.15, -0.1) is 11.3 Å². The van der Waals surface area contributed by atoms with Crippen LogP contribution in [0, 0.1) is 6.92 Å². The smallest absolute Gasteiger partial charge is 0.280 e. The van der Waals surface area contributed by atoms with E-state index in [0.29, 0.717) is 16.8 Å². The number of rotatable bonds is 7. The molecule has 3 rings (SSSR count). The van der Waals surface area contributed by atoms with Crippen LogP contribution in [0.1, 0.15) is 61.4 Å². The van der Waals surface area contributed by atoms with E-state index in [1.165, 1.54) is 30.6 Å². The topological polar surface area (TPSA) is 96.4 Å². The van der Waals surface area contributed by atoms with E-state index in [4.69, 9.17) is 4.74 Å². The lowest BCUT2D eigenvalue weighted by Crippen LogP contribution is -2.38. The number of amides is 1. The van der Waals surface area contributed by atoms with Crippen LogP contribution in [0.15, 0.2) is 12.3 Å². The van der Waals surface area contributed by atoms with Gasteiger partial charge in [0.15, 0.2) is 16.6 Å². The van der Waals surface area contributed by atoms with E-state index in [1.807, 2.05) is 13.0 Å². The molecule has 1 amide bonds. The number of aryl methyl sites for hydroxylation is 1. The lowest BCUT2D eigenvalue weighted by Gasteiger charge is -2.24. The van der Waals surface area contributed by atoms with Crippen LogP contribution in [0.4, 0.5) is 5.82 Å². The first-order valence-corrected chi connectivity index (χ1v) is 10.9. The second kappa shape index (κ2) is 9.09. The van der Waals surface area contributed by atoms with Crippen molar-refractivity contribution in [3.63, 3.8) is 0 Å². The molecule has 1 aliphatic carbocycles. The summed E-state index contributed by atoms with van der Waals surface area (Å²) in [7, 11) is 1.64. The van der Waals surface area contributed by atoms with Crippen molar-refractivity contribution < 1.29 is 14.6 Å². The number of pyridine rings is 1. The number of hydrogen-bond donors (Lipinski definition) is 3. The second-order valence-electron chi connectivity index (χ2n) is 8.18. The molecule has 0 atom stereocenters. The van der Waals surface area contributed by atoms with Crippen LogP contribution < -0.4 is 15.4 Å². The Morgan fingerprint density at radius 3 is 2.72 bits per heavy atom. The number of anilines is 1. The van der Waals surface area contributed by atoms with Crippen molar-refractivity contribution in [1.29, 1.82) is 0 Å². The summed E-state index contributed by atoms with van der Waals surface area (Å²) in [6.45, 7) is 5.33. The van der Waals surface area contributed by atoms with Gasteiger partial charge in [-0.1, -0.05) is 19.3 Å². The highest BCUT2D eigenvalue weighted by Crippen LogP contribution is 2.35. The van der Waals surface area contributed by atoms with Crippen LogP contribution in [0.25, 0.3) is 10.4 Å². The highest BCUT2D eigenvalue weighted by atomic mass is 32.1. The third-order valence-corrected chi connectivity index (χ3v) is 6.16. The van der Waals surface area contributed by atoms with Crippen LogP contribution in [0.3, 0.4) is 0 Å². The van der Waals surface area contributed by atoms with Gasteiger partial charge in [0, 0.05) is 24.3 Å². The van der Waals surface area contributed by atoms with E-state index in [9.17, 15) is 9.90 Å². The Morgan fingerprint density at radius 2 is 2.07 bits per heavy atom. The molecule has 1 fully saturated rings. The van der Waals surface area contributed by atoms with Crippen LogP contribution in [0.2, 0.25) is 0 Å². The van der Waals surface area contributed by atoms with Crippen molar-refractivity contribution in [2.24, 2.45) is 0 Å². The minimum Gasteiger partial charge on any atom is -0.493 e. The number of methoxy groups -OCH3 is 1. The first kappa shape index (κ1) is 21.5. The van der Waals surface area contributed by atoms with E-state index in [1.54, 1.807) is 27.2 Å². The van der Waals surface area contributed by atoms with Crippen LogP contribution in [0.5, 0.6) is 5.75 Å². The quantitative estimate of drug-likeness (QED) is 0.633. The standard InChI is InChI=1S/C21H30N4O3S/c1-13-17(29-20(24-13)19(26)23-12-21(2,3)27)14-10-16(28-4)18(22-11-14)25-15-8-6-5-7-9-15/h10-11,15,27H,5-9,12H2,1-4H3,(H,22,25)(H,23,26). The molecule has 8 heteroatoms. The van der Waals surface area contributed by atoms with Gasteiger partial charge in [0.25, 0.3) is 5.91 Å². The number of carbonyl (C=O) groups is 1. The van der Waals surface area contributed by atoms with Gasteiger partial charge >= 0.3 is 0 Å². The maximum absolute atomic E-state index is 12.4. The number of ether oxygens (including phenoxy) is 1. The lowest BCUT2D eigenvalue weighted by atomic mass is 9.95. The molecule has 3 N–H and O–H groups in total. The van der Waals surface area contributed by atoms with Crippen molar-refractivity contribution in [2.45, 2.75) is 64.5 Å². The Labute approximate surface area is 175 Å². The molecule has 0 aromatic carbocycles. The van der Waals surface area contributed by atoms with Gasteiger partial charge in [-0.25, -0.2) is 9.97 Å². The van der Waals surface area contributed by atoms with Gasteiger partial charge in [-0.3, -0.25) is 4.79 Å². The summed E-state index contributed by atoms with van der Waals surface area (Å²) in [6, 6.07) is 2.38. The minimum atomic E-state index is -0.969. The Kier molecular flexibility index (Phi) is 6.74. The number of nitrogens with zero attached hydrogens (tertiary/aromatic N) is 2. The minimum absolute atomic E-state index is 0.163. The molecule has 2 aromatic rings. The fourth-order valence-electron chi connectivity index (χ4n) is 3.41. The highest BCUT2D eigenvalue weighted by molar-refractivity contribution is 7.17. The molecule has 2 aromatic heterocycles. The molecular weight excluding hydrogens is 388 g/mol. The normalized spacial score (nSPS) is 15.2. The van der Waals surface area contributed by atoms with E-state index in [-0.39, 0.29) is 12.5 Å². The monoisotopic (exact) mass is 418 g/mol. The number of hydrogen-bond acceptors (Lipinski definition) is 7. The Balaban J connectivity index is 1.77. The molecule has 7 nitrogen and oxygen atoms in total. The van der Waals surface area contributed by atoms with E-state index in [2.05, 4.69) is 20.6 Å². The van der Waals surface area contributed by atoms with Crippen LogP contribution in [-0.2, 0) is 0 Å². The molecule has 0 saturated heterocycles. The molecule has 1 saturated carbocycles. The zero-order chi connectivity index (χ0) is 21.0. The predicted octanol–water partition coefficient (Wildman–Crippen LogP) is 3.77. The third-order valence-electron chi connectivity index (χ3n) is 4.95. The van der Waals surface area contributed by atoms with E-state index in [0.717, 1.165) is 34.8 Å². The molecular formula is C21H30N4O3S. The molecule has 0 spiro atoms. The zero-order valence-corrected chi connectivity index (χ0v) is 18.4. The van der Waals surface area contributed by atoms with Crippen molar-refractivity contribution in [1.82, 2.24) is 15.3 Å². The first-order valence-electron chi connectivity index (χ1n) is 10.1. The summed E-state index contributed by atoms with van der Waals surface area (Å²) in [5, 5.41) is 16.4. The summed E-state index contributed by atoms with van der Waals surface area (Å²) in [5.74, 6) is 1.16. The summed E-state index contributed by atoms with van der Waals surface area (Å²) in [6.07, 6.45) is 7.91. The largest absolute Gasteiger partial charge is 0.493 e. The average Bonchev–Trinajstić information content (AvgIpc) is 3.08. The van der Waals surface area contributed by atoms with Crippen molar-refractivity contribution in [3.8, 4) is 16.2 Å². The molecule has 0 radical (unpaired) electrons. The summed E-state index contributed by atoms with van der Waals surface area (Å²) in [4.78, 5) is 22.2.